The zero-order valence-corrected chi connectivity index (χ0v) is 11.6. The van der Waals surface area contributed by atoms with Crippen LogP contribution in [0, 0.1) is 0 Å². The van der Waals surface area contributed by atoms with Gasteiger partial charge in [-0.3, -0.25) is 4.79 Å². The van der Waals surface area contributed by atoms with Crippen LogP contribution in [0.5, 0.6) is 0 Å². The normalized spacial score (nSPS) is 11.8. The van der Waals surface area contributed by atoms with Crippen molar-refractivity contribution in [2.24, 2.45) is 0 Å². The van der Waals surface area contributed by atoms with Crippen molar-refractivity contribution in [2.75, 3.05) is 5.73 Å². The molecule has 0 aliphatic rings. The molecule has 0 fully saturated rings. The Kier molecular flexibility index (Phi) is 3.47. The molecule has 3 rings (SSSR count). The summed E-state index contributed by atoms with van der Waals surface area (Å²) in [7, 11) is 0. The summed E-state index contributed by atoms with van der Waals surface area (Å²) in [4.78, 5) is 19.9. The molecule has 0 aliphatic heterocycles. The first-order valence-corrected chi connectivity index (χ1v) is 6.51. The van der Waals surface area contributed by atoms with E-state index in [4.69, 9.17) is 5.73 Å². The fourth-order valence-corrected chi connectivity index (χ4v) is 2.07. The first-order chi connectivity index (χ1) is 10.8. The van der Waals surface area contributed by atoms with E-state index >= 15 is 0 Å². The molecule has 2 aromatic heterocycles. The van der Waals surface area contributed by atoms with Gasteiger partial charge in [0.1, 0.15) is 12.4 Å². The molecule has 0 atom stereocenters. The first kappa shape index (κ1) is 14.9. The number of nitrogen functional groups attached to an aromatic ring is 1. The van der Waals surface area contributed by atoms with Crippen molar-refractivity contribution >= 4 is 16.7 Å². The number of anilines is 1. The van der Waals surface area contributed by atoms with Gasteiger partial charge in [0.05, 0.1) is 5.52 Å². The van der Waals surface area contributed by atoms with Crippen molar-refractivity contribution < 1.29 is 13.2 Å². The Labute approximate surface area is 127 Å². The number of hydrogen-bond acceptors (Lipinski definition) is 5. The lowest BCUT2D eigenvalue weighted by molar-refractivity contribution is -0.142. The van der Waals surface area contributed by atoms with Gasteiger partial charge >= 0.3 is 6.18 Å². The molecular formula is C14H10F3N5O. The summed E-state index contributed by atoms with van der Waals surface area (Å²) in [6, 6.07) is 8.37. The molecule has 9 heteroatoms. The molecule has 0 radical (unpaired) electrons. The Morgan fingerprint density at radius 1 is 1.09 bits per heavy atom. The van der Waals surface area contributed by atoms with E-state index in [1.807, 2.05) is 0 Å². The molecule has 1 aromatic carbocycles. The summed E-state index contributed by atoms with van der Waals surface area (Å²) in [5.74, 6) is 0.292. The second-order valence-electron chi connectivity index (χ2n) is 4.75. The smallest absolute Gasteiger partial charge is 0.383 e. The molecule has 0 saturated carbocycles. The van der Waals surface area contributed by atoms with Crippen LogP contribution in [0.2, 0.25) is 0 Å². The summed E-state index contributed by atoms with van der Waals surface area (Å²) in [6.45, 7) is -0.308. The number of hydrogen-bond donors (Lipinski definition) is 1. The minimum Gasteiger partial charge on any atom is -0.383 e. The number of benzene rings is 1. The predicted octanol–water partition coefficient (Wildman–Crippen LogP) is 1.84. The van der Waals surface area contributed by atoms with E-state index in [1.165, 1.54) is 0 Å². The van der Waals surface area contributed by atoms with Gasteiger partial charge in [0, 0.05) is 11.5 Å². The molecule has 2 N–H and O–H groups in total. The van der Waals surface area contributed by atoms with Gasteiger partial charge in [0.2, 0.25) is 0 Å². The van der Waals surface area contributed by atoms with Crippen molar-refractivity contribution in [3.63, 3.8) is 0 Å². The first-order valence-electron chi connectivity index (χ1n) is 6.51. The monoisotopic (exact) mass is 321 g/mol. The molecule has 0 bridgehead atoms. The van der Waals surface area contributed by atoms with Crippen LogP contribution in [0.15, 0.2) is 41.2 Å². The van der Waals surface area contributed by atoms with Crippen LogP contribution < -0.4 is 11.3 Å². The van der Waals surface area contributed by atoms with Crippen LogP contribution in [0.4, 0.5) is 19.0 Å². The third-order valence-corrected chi connectivity index (χ3v) is 3.13. The van der Waals surface area contributed by atoms with Crippen LogP contribution in [-0.4, -0.2) is 19.7 Å². The average Bonchev–Trinajstić information content (AvgIpc) is 2.48. The summed E-state index contributed by atoms with van der Waals surface area (Å²) in [6.07, 6.45) is -4.64. The average molecular weight is 321 g/mol. The lowest BCUT2D eigenvalue weighted by Crippen LogP contribution is -2.27. The molecule has 2 heterocycles. The number of nitrogens with zero attached hydrogens (tertiary/aromatic N) is 4. The molecule has 0 aliphatic carbocycles. The zero-order chi connectivity index (χ0) is 16.6. The van der Waals surface area contributed by atoms with Crippen molar-refractivity contribution in [2.45, 2.75) is 12.7 Å². The molecule has 3 aromatic rings. The van der Waals surface area contributed by atoms with Gasteiger partial charge < -0.3 is 5.73 Å². The van der Waals surface area contributed by atoms with Crippen LogP contribution in [0.25, 0.3) is 10.9 Å². The lowest BCUT2D eigenvalue weighted by atomic mass is 10.2. The van der Waals surface area contributed by atoms with Crippen molar-refractivity contribution in [3.8, 4) is 0 Å². The summed E-state index contributed by atoms with van der Waals surface area (Å²) < 4.78 is 38.7. The highest BCUT2D eigenvalue weighted by atomic mass is 19.4. The zero-order valence-electron chi connectivity index (χ0n) is 11.6. The van der Waals surface area contributed by atoms with Crippen molar-refractivity contribution in [3.05, 3.63) is 58.3 Å². The molecule has 0 unspecified atom stereocenters. The Morgan fingerprint density at radius 3 is 2.57 bits per heavy atom. The number of aromatic nitrogens is 4. The SMILES string of the molecule is Nc1nc(Cn2nc(C(F)(F)F)ccc2=O)nc2ccccc12. The molecular weight excluding hydrogens is 311 g/mol. The molecule has 0 saturated heterocycles. The molecule has 118 valence electrons. The van der Waals surface area contributed by atoms with E-state index in [0.29, 0.717) is 21.7 Å². The maximum Gasteiger partial charge on any atom is 0.435 e. The largest absolute Gasteiger partial charge is 0.435 e. The van der Waals surface area contributed by atoms with Crippen molar-refractivity contribution in [1.82, 2.24) is 19.7 Å². The maximum absolute atomic E-state index is 12.7. The highest BCUT2D eigenvalue weighted by molar-refractivity contribution is 5.87. The number of nitrogens with two attached hydrogens (primary N) is 1. The van der Waals surface area contributed by atoms with Crippen LogP contribution >= 0.6 is 0 Å². The minimum absolute atomic E-state index is 0.107. The van der Waals surface area contributed by atoms with E-state index in [0.717, 1.165) is 6.07 Å². The lowest BCUT2D eigenvalue weighted by Gasteiger charge is -2.09. The van der Waals surface area contributed by atoms with Gasteiger partial charge in [-0.1, -0.05) is 12.1 Å². The van der Waals surface area contributed by atoms with Crippen LogP contribution in [0.1, 0.15) is 11.5 Å². The Balaban J connectivity index is 2.04. The second kappa shape index (κ2) is 5.34. The van der Waals surface area contributed by atoms with E-state index in [-0.39, 0.29) is 18.2 Å². The highest BCUT2D eigenvalue weighted by Gasteiger charge is 2.33. The molecule has 0 amide bonds. The number of halogens is 3. The van der Waals surface area contributed by atoms with Gasteiger partial charge in [0.25, 0.3) is 5.56 Å². The Morgan fingerprint density at radius 2 is 1.83 bits per heavy atom. The Bertz CT molecular complexity index is 936. The van der Waals surface area contributed by atoms with E-state index < -0.39 is 17.4 Å². The summed E-state index contributed by atoms with van der Waals surface area (Å²) >= 11 is 0. The highest BCUT2D eigenvalue weighted by Crippen LogP contribution is 2.26. The second-order valence-corrected chi connectivity index (χ2v) is 4.75. The van der Waals surface area contributed by atoms with Crippen LogP contribution in [-0.2, 0) is 12.7 Å². The van der Waals surface area contributed by atoms with E-state index in [1.54, 1.807) is 24.3 Å². The van der Waals surface area contributed by atoms with Gasteiger partial charge in [-0.15, -0.1) is 0 Å². The Hall–Kier alpha value is -2.97. The number of rotatable bonds is 2. The topological polar surface area (TPSA) is 86.7 Å². The minimum atomic E-state index is -4.64. The fraction of sp³-hybridized carbons (Fsp3) is 0.143. The third-order valence-electron chi connectivity index (χ3n) is 3.13. The molecule has 6 nitrogen and oxygen atoms in total. The third kappa shape index (κ3) is 2.98. The predicted molar refractivity (Wildman–Crippen MR) is 76.6 cm³/mol. The number of para-hydroxylation sites is 1. The van der Waals surface area contributed by atoms with Crippen molar-refractivity contribution in [1.29, 1.82) is 0 Å². The van der Waals surface area contributed by atoms with Gasteiger partial charge in [-0.25, -0.2) is 14.6 Å². The van der Waals surface area contributed by atoms with Crippen LogP contribution in [0.3, 0.4) is 0 Å². The quantitative estimate of drug-likeness (QED) is 0.778. The van der Waals surface area contributed by atoms with Gasteiger partial charge in [-0.05, 0) is 18.2 Å². The molecule has 23 heavy (non-hydrogen) atoms. The van der Waals surface area contributed by atoms with Gasteiger partial charge in [0.15, 0.2) is 11.5 Å². The maximum atomic E-state index is 12.7. The molecule has 0 spiro atoms. The summed E-state index contributed by atoms with van der Waals surface area (Å²) in [5, 5.41) is 3.93. The number of fused-ring (bicyclic) bond motifs is 1. The van der Waals surface area contributed by atoms with E-state index in [9.17, 15) is 18.0 Å². The standard InChI is InChI=1S/C14H10F3N5O/c15-14(16,17)10-5-6-12(23)22(21-10)7-11-19-9-4-2-1-3-8(9)13(18)20-11/h1-6H,7H2,(H2,18,19,20). The van der Waals surface area contributed by atoms with Gasteiger partial charge in [-0.2, -0.15) is 18.3 Å². The fourth-order valence-electron chi connectivity index (χ4n) is 2.07. The summed E-state index contributed by atoms with van der Waals surface area (Å²) in [5.41, 5.74) is 4.50. The number of alkyl halides is 3. The van der Waals surface area contributed by atoms with E-state index in [2.05, 4.69) is 15.1 Å².